The normalized spacial score (nSPS) is 21.4. The number of phenols is 1. The van der Waals surface area contributed by atoms with Crippen LogP contribution in [0.5, 0.6) is 5.75 Å². The van der Waals surface area contributed by atoms with Gasteiger partial charge in [-0.15, -0.1) is 0 Å². The van der Waals surface area contributed by atoms with Gasteiger partial charge in [-0.3, -0.25) is 15.0 Å². The third-order valence-electron chi connectivity index (χ3n) is 5.28. The Bertz CT molecular complexity index is 579. The minimum Gasteiger partial charge on any atom is -0.507 e. The van der Waals surface area contributed by atoms with Crippen LogP contribution in [0, 0.1) is 23.0 Å². The van der Waals surface area contributed by atoms with Crippen molar-refractivity contribution in [3.63, 3.8) is 0 Å². The van der Waals surface area contributed by atoms with Gasteiger partial charge in [-0.1, -0.05) is 12.8 Å². The molecule has 1 saturated carbocycles. The summed E-state index contributed by atoms with van der Waals surface area (Å²) in [5.74, 6) is 0.495. The highest BCUT2D eigenvalue weighted by molar-refractivity contribution is 5.55. The number of hydrogen-bond acceptors (Lipinski definition) is 5. The standard InChI is InChI=1S/C17H25N3O3/c1-12-6-7-14(20(22)23)15(17(12)21)16(13-4-2-3-5-13)19-10-8-18-9-11-19/h6-7,13,16,18,21H,2-5,8-11H2,1H3/t16-/m0/s1. The van der Waals surface area contributed by atoms with Crippen molar-refractivity contribution in [2.24, 2.45) is 5.92 Å². The molecule has 0 amide bonds. The number of hydrogen-bond donors (Lipinski definition) is 2. The predicted molar refractivity (Wildman–Crippen MR) is 88.6 cm³/mol. The summed E-state index contributed by atoms with van der Waals surface area (Å²) >= 11 is 0. The van der Waals surface area contributed by atoms with Gasteiger partial charge < -0.3 is 10.4 Å². The Labute approximate surface area is 136 Å². The first kappa shape index (κ1) is 16.2. The first-order valence-electron chi connectivity index (χ1n) is 8.51. The first-order valence-corrected chi connectivity index (χ1v) is 8.51. The van der Waals surface area contributed by atoms with E-state index in [4.69, 9.17) is 0 Å². The van der Waals surface area contributed by atoms with Crippen LogP contribution in [0.25, 0.3) is 0 Å². The third-order valence-corrected chi connectivity index (χ3v) is 5.28. The van der Waals surface area contributed by atoms with Crippen LogP contribution >= 0.6 is 0 Å². The molecule has 2 N–H and O–H groups in total. The van der Waals surface area contributed by atoms with Gasteiger partial charge in [-0.25, -0.2) is 0 Å². The topological polar surface area (TPSA) is 78.6 Å². The minimum absolute atomic E-state index is 0.0556. The van der Waals surface area contributed by atoms with Crippen LogP contribution in [-0.4, -0.2) is 41.1 Å². The molecule has 1 atom stereocenters. The van der Waals surface area contributed by atoms with Gasteiger partial charge in [-0.05, 0) is 37.3 Å². The number of aryl methyl sites for hydroxylation is 1. The number of aromatic hydroxyl groups is 1. The molecule has 0 bridgehead atoms. The molecule has 23 heavy (non-hydrogen) atoms. The fourth-order valence-corrected chi connectivity index (χ4v) is 4.11. The minimum atomic E-state index is -0.349. The van der Waals surface area contributed by atoms with E-state index >= 15 is 0 Å². The van der Waals surface area contributed by atoms with E-state index in [1.54, 1.807) is 12.1 Å². The van der Waals surface area contributed by atoms with Gasteiger partial charge in [0, 0.05) is 38.3 Å². The monoisotopic (exact) mass is 319 g/mol. The lowest BCUT2D eigenvalue weighted by molar-refractivity contribution is -0.386. The SMILES string of the molecule is Cc1ccc([N+](=O)[O-])c([C@H](C2CCCC2)N2CCNCC2)c1O. The third kappa shape index (κ3) is 3.19. The molecular weight excluding hydrogens is 294 g/mol. The van der Waals surface area contributed by atoms with Crippen molar-refractivity contribution in [3.8, 4) is 5.75 Å². The van der Waals surface area contributed by atoms with Crippen molar-refractivity contribution in [2.45, 2.75) is 38.6 Å². The molecule has 1 aliphatic heterocycles. The summed E-state index contributed by atoms with van der Waals surface area (Å²) in [6.45, 7) is 5.33. The molecule has 3 rings (SSSR count). The van der Waals surface area contributed by atoms with E-state index in [2.05, 4.69) is 10.2 Å². The molecule has 126 valence electrons. The fraction of sp³-hybridized carbons (Fsp3) is 0.647. The van der Waals surface area contributed by atoms with Crippen molar-refractivity contribution >= 4 is 5.69 Å². The highest BCUT2D eigenvalue weighted by Crippen LogP contribution is 2.46. The molecule has 1 aliphatic carbocycles. The van der Waals surface area contributed by atoms with Gasteiger partial charge in [-0.2, -0.15) is 0 Å². The first-order chi connectivity index (χ1) is 11.1. The molecule has 6 nitrogen and oxygen atoms in total. The second-order valence-corrected chi connectivity index (χ2v) is 6.70. The molecule has 1 heterocycles. The van der Waals surface area contributed by atoms with Gasteiger partial charge in [0.2, 0.25) is 0 Å². The summed E-state index contributed by atoms with van der Waals surface area (Å²) in [5, 5.41) is 25.5. The smallest absolute Gasteiger partial charge is 0.277 e. The van der Waals surface area contributed by atoms with E-state index < -0.39 is 0 Å². The lowest BCUT2D eigenvalue weighted by Gasteiger charge is -2.38. The molecule has 6 heteroatoms. The predicted octanol–water partition coefficient (Wildman–Crippen LogP) is 2.75. The zero-order chi connectivity index (χ0) is 16.4. The van der Waals surface area contributed by atoms with Crippen molar-refractivity contribution in [3.05, 3.63) is 33.4 Å². The number of nitro benzene ring substituents is 1. The number of nitro groups is 1. The average molecular weight is 319 g/mol. The number of rotatable bonds is 4. The summed E-state index contributed by atoms with van der Waals surface area (Å²) in [7, 11) is 0. The second kappa shape index (κ2) is 6.84. The van der Waals surface area contributed by atoms with E-state index in [1.807, 2.05) is 6.92 Å². The van der Waals surface area contributed by atoms with Crippen molar-refractivity contribution in [2.75, 3.05) is 26.2 Å². The number of nitrogens with zero attached hydrogens (tertiary/aromatic N) is 2. The van der Waals surface area contributed by atoms with Crippen molar-refractivity contribution in [1.29, 1.82) is 0 Å². The van der Waals surface area contributed by atoms with E-state index in [0.717, 1.165) is 39.0 Å². The number of benzene rings is 1. The lowest BCUT2D eigenvalue weighted by atomic mass is 9.87. The van der Waals surface area contributed by atoms with Crippen molar-refractivity contribution < 1.29 is 10.0 Å². The Hall–Kier alpha value is -1.66. The van der Waals surface area contributed by atoms with Crippen LogP contribution in [0.2, 0.25) is 0 Å². The zero-order valence-electron chi connectivity index (χ0n) is 13.6. The molecule has 0 unspecified atom stereocenters. The van der Waals surface area contributed by atoms with Gasteiger partial charge in [0.25, 0.3) is 5.69 Å². The van der Waals surface area contributed by atoms with Crippen LogP contribution in [0.4, 0.5) is 5.69 Å². The Balaban J connectivity index is 2.08. The fourth-order valence-electron chi connectivity index (χ4n) is 4.11. The summed E-state index contributed by atoms with van der Waals surface area (Å²) in [6.07, 6.45) is 4.51. The van der Waals surface area contributed by atoms with E-state index in [-0.39, 0.29) is 22.4 Å². The molecule has 1 saturated heterocycles. The maximum atomic E-state index is 11.6. The lowest BCUT2D eigenvalue weighted by Crippen LogP contribution is -2.46. The molecule has 1 aromatic rings. The Morgan fingerprint density at radius 2 is 1.96 bits per heavy atom. The highest BCUT2D eigenvalue weighted by Gasteiger charge is 2.38. The number of phenolic OH excluding ortho intramolecular Hbond substituents is 1. The summed E-state index contributed by atoms with van der Waals surface area (Å²) < 4.78 is 0. The molecule has 2 fully saturated rings. The number of piperazine rings is 1. The zero-order valence-corrected chi connectivity index (χ0v) is 13.6. The van der Waals surface area contributed by atoms with Crippen LogP contribution in [0.15, 0.2) is 12.1 Å². The maximum Gasteiger partial charge on any atom is 0.277 e. The molecule has 1 aromatic carbocycles. The Kier molecular flexibility index (Phi) is 4.82. The molecule has 2 aliphatic rings. The van der Waals surface area contributed by atoms with Gasteiger partial charge in [0.1, 0.15) is 5.75 Å². The van der Waals surface area contributed by atoms with E-state index in [0.29, 0.717) is 17.0 Å². The molecule has 0 aromatic heterocycles. The summed E-state index contributed by atoms with van der Waals surface area (Å²) in [4.78, 5) is 13.5. The molecule has 0 radical (unpaired) electrons. The quantitative estimate of drug-likeness (QED) is 0.659. The van der Waals surface area contributed by atoms with Crippen molar-refractivity contribution in [1.82, 2.24) is 10.2 Å². The number of nitrogens with one attached hydrogen (secondary N) is 1. The van der Waals surface area contributed by atoms with Gasteiger partial charge in [0.15, 0.2) is 0 Å². The van der Waals surface area contributed by atoms with Gasteiger partial charge >= 0.3 is 0 Å². The summed E-state index contributed by atoms with van der Waals surface area (Å²) in [6, 6.07) is 3.13. The van der Waals surface area contributed by atoms with Crippen LogP contribution in [0.1, 0.15) is 42.9 Å². The van der Waals surface area contributed by atoms with Crippen LogP contribution < -0.4 is 5.32 Å². The van der Waals surface area contributed by atoms with Gasteiger partial charge in [0.05, 0.1) is 10.5 Å². The molecule has 0 spiro atoms. The average Bonchev–Trinajstić information content (AvgIpc) is 3.07. The largest absolute Gasteiger partial charge is 0.507 e. The van der Waals surface area contributed by atoms with E-state index in [9.17, 15) is 15.2 Å². The summed E-state index contributed by atoms with van der Waals surface area (Å²) in [5.41, 5.74) is 1.30. The highest BCUT2D eigenvalue weighted by atomic mass is 16.6. The Morgan fingerprint density at radius 3 is 2.57 bits per heavy atom. The maximum absolute atomic E-state index is 11.6. The Morgan fingerprint density at radius 1 is 1.30 bits per heavy atom. The van der Waals surface area contributed by atoms with Crippen LogP contribution in [0.3, 0.4) is 0 Å². The van der Waals surface area contributed by atoms with E-state index in [1.165, 1.54) is 12.8 Å². The second-order valence-electron chi connectivity index (χ2n) is 6.70. The van der Waals surface area contributed by atoms with Crippen LogP contribution in [-0.2, 0) is 0 Å². The molecular formula is C17H25N3O3.